The molecule has 1 unspecified atom stereocenters. The molecule has 0 amide bonds. The Morgan fingerprint density at radius 1 is 1.35 bits per heavy atom. The van der Waals surface area contributed by atoms with Crippen LogP contribution in [0.3, 0.4) is 0 Å². The van der Waals surface area contributed by atoms with E-state index in [1.807, 2.05) is 30.3 Å². The summed E-state index contributed by atoms with van der Waals surface area (Å²) in [5.74, 6) is -0.821. The van der Waals surface area contributed by atoms with Crippen LogP contribution in [-0.4, -0.2) is 16.1 Å². The van der Waals surface area contributed by atoms with Gasteiger partial charge in [-0.2, -0.15) is 0 Å². The maximum absolute atomic E-state index is 10.5. The van der Waals surface area contributed by atoms with Gasteiger partial charge >= 0.3 is 5.97 Å². The van der Waals surface area contributed by atoms with Gasteiger partial charge in [-0.05, 0) is 24.1 Å². The van der Waals surface area contributed by atoms with Crippen molar-refractivity contribution in [3.05, 3.63) is 42.1 Å². The van der Waals surface area contributed by atoms with Crippen molar-refractivity contribution in [1.82, 2.24) is 4.98 Å². The van der Waals surface area contributed by atoms with Gasteiger partial charge in [-0.1, -0.05) is 18.2 Å². The summed E-state index contributed by atoms with van der Waals surface area (Å²) < 4.78 is 0. The van der Waals surface area contributed by atoms with E-state index in [1.54, 1.807) is 6.20 Å². The van der Waals surface area contributed by atoms with E-state index in [1.165, 1.54) is 0 Å². The standard InChI is InChI=1S/C13H14N2O2/c14-11(5-6-13(16)17)9-7-8-15-12-4-2-1-3-10(9)12/h1-4,7-8,11H,5-6,14H2,(H,16,17). The van der Waals surface area contributed by atoms with Crippen LogP contribution in [0.15, 0.2) is 36.5 Å². The third-order valence-corrected chi connectivity index (χ3v) is 2.75. The number of aromatic nitrogens is 1. The van der Waals surface area contributed by atoms with Gasteiger partial charge in [0.15, 0.2) is 0 Å². The minimum atomic E-state index is -0.821. The number of aliphatic carboxylic acids is 1. The van der Waals surface area contributed by atoms with E-state index >= 15 is 0 Å². The summed E-state index contributed by atoms with van der Waals surface area (Å²) in [5, 5.41) is 9.65. The quantitative estimate of drug-likeness (QED) is 0.843. The van der Waals surface area contributed by atoms with Crippen LogP contribution in [0.5, 0.6) is 0 Å². The summed E-state index contributed by atoms with van der Waals surface area (Å²) in [6.45, 7) is 0. The van der Waals surface area contributed by atoms with Gasteiger partial charge in [0.25, 0.3) is 0 Å². The molecule has 0 aliphatic rings. The fourth-order valence-corrected chi connectivity index (χ4v) is 1.88. The van der Waals surface area contributed by atoms with Crippen LogP contribution < -0.4 is 5.73 Å². The number of benzene rings is 1. The number of carboxylic acid groups (broad SMARTS) is 1. The molecule has 0 bridgehead atoms. The lowest BCUT2D eigenvalue weighted by atomic mass is 9.99. The van der Waals surface area contributed by atoms with Crippen LogP contribution >= 0.6 is 0 Å². The number of fused-ring (bicyclic) bond motifs is 1. The number of rotatable bonds is 4. The average molecular weight is 230 g/mol. The van der Waals surface area contributed by atoms with E-state index in [0.29, 0.717) is 6.42 Å². The molecule has 0 fully saturated rings. The van der Waals surface area contributed by atoms with Crippen molar-refractivity contribution in [1.29, 1.82) is 0 Å². The first-order valence-corrected chi connectivity index (χ1v) is 5.49. The lowest BCUT2D eigenvalue weighted by Gasteiger charge is -2.13. The molecule has 0 aliphatic heterocycles. The van der Waals surface area contributed by atoms with Gasteiger partial charge in [-0.15, -0.1) is 0 Å². The highest BCUT2D eigenvalue weighted by Crippen LogP contribution is 2.23. The minimum absolute atomic E-state index is 0.0812. The lowest BCUT2D eigenvalue weighted by Crippen LogP contribution is -2.12. The van der Waals surface area contributed by atoms with Crippen molar-refractivity contribution in [3.63, 3.8) is 0 Å². The average Bonchev–Trinajstić information content (AvgIpc) is 2.35. The largest absolute Gasteiger partial charge is 0.481 e. The van der Waals surface area contributed by atoms with Crippen molar-refractivity contribution in [2.75, 3.05) is 0 Å². The highest BCUT2D eigenvalue weighted by molar-refractivity contribution is 5.82. The molecule has 1 aromatic carbocycles. The monoisotopic (exact) mass is 230 g/mol. The fraction of sp³-hybridized carbons (Fsp3) is 0.231. The molecule has 3 N–H and O–H groups in total. The number of hydrogen-bond acceptors (Lipinski definition) is 3. The molecule has 0 spiro atoms. The maximum atomic E-state index is 10.5. The summed E-state index contributed by atoms with van der Waals surface area (Å²) in [7, 11) is 0. The van der Waals surface area contributed by atoms with Crippen molar-refractivity contribution < 1.29 is 9.90 Å². The first-order valence-electron chi connectivity index (χ1n) is 5.49. The minimum Gasteiger partial charge on any atom is -0.481 e. The summed E-state index contributed by atoms with van der Waals surface area (Å²) in [6, 6.07) is 9.31. The van der Waals surface area contributed by atoms with Gasteiger partial charge in [0.2, 0.25) is 0 Å². The van der Waals surface area contributed by atoms with Crippen LogP contribution in [0.4, 0.5) is 0 Å². The van der Waals surface area contributed by atoms with Gasteiger partial charge in [0, 0.05) is 24.0 Å². The molecule has 1 aromatic heterocycles. The normalized spacial score (nSPS) is 12.5. The van der Waals surface area contributed by atoms with Gasteiger partial charge in [0.1, 0.15) is 0 Å². The molecule has 88 valence electrons. The number of para-hydroxylation sites is 1. The topological polar surface area (TPSA) is 76.2 Å². The molecule has 1 heterocycles. The molecule has 0 saturated carbocycles. The Morgan fingerprint density at radius 2 is 2.12 bits per heavy atom. The van der Waals surface area contributed by atoms with E-state index in [9.17, 15) is 4.79 Å². The van der Waals surface area contributed by atoms with Gasteiger partial charge in [-0.3, -0.25) is 9.78 Å². The third-order valence-electron chi connectivity index (χ3n) is 2.75. The molecule has 4 nitrogen and oxygen atoms in total. The van der Waals surface area contributed by atoms with E-state index in [-0.39, 0.29) is 12.5 Å². The second-order valence-electron chi connectivity index (χ2n) is 3.96. The van der Waals surface area contributed by atoms with E-state index < -0.39 is 5.97 Å². The highest BCUT2D eigenvalue weighted by Gasteiger charge is 2.11. The first kappa shape index (κ1) is 11.5. The number of carboxylic acids is 1. The van der Waals surface area contributed by atoms with E-state index in [4.69, 9.17) is 10.8 Å². The Morgan fingerprint density at radius 3 is 2.88 bits per heavy atom. The zero-order valence-corrected chi connectivity index (χ0v) is 9.34. The van der Waals surface area contributed by atoms with Gasteiger partial charge in [0.05, 0.1) is 5.52 Å². The number of nitrogens with two attached hydrogens (primary N) is 1. The number of nitrogens with zero attached hydrogens (tertiary/aromatic N) is 1. The maximum Gasteiger partial charge on any atom is 0.303 e. The Balaban J connectivity index is 2.31. The lowest BCUT2D eigenvalue weighted by molar-refractivity contribution is -0.137. The number of pyridine rings is 1. The summed E-state index contributed by atoms with van der Waals surface area (Å²) in [6.07, 6.45) is 2.22. The zero-order chi connectivity index (χ0) is 12.3. The third kappa shape index (κ3) is 2.60. The zero-order valence-electron chi connectivity index (χ0n) is 9.34. The summed E-state index contributed by atoms with van der Waals surface area (Å²) >= 11 is 0. The molecule has 2 aromatic rings. The van der Waals surface area contributed by atoms with Crippen LogP contribution in [0.25, 0.3) is 10.9 Å². The Bertz CT molecular complexity index is 534. The molecular weight excluding hydrogens is 216 g/mol. The molecular formula is C13H14N2O2. The Hall–Kier alpha value is -1.94. The number of hydrogen-bond donors (Lipinski definition) is 2. The van der Waals surface area contributed by atoms with E-state index in [0.717, 1.165) is 16.5 Å². The molecule has 1 atom stereocenters. The molecule has 0 saturated heterocycles. The van der Waals surface area contributed by atoms with Crippen LogP contribution in [0, 0.1) is 0 Å². The summed E-state index contributed by atoms with van der Waals surface area (Å²) in [5.41, 5.74) is 7.86. The van der Waals surface area contributed by atoms with Crippen molar-refractivity contribution in [3.8, 4) is 0 Å². The fourth-order valence-electron chi connectivity index (χ4n) is 1.88. The molecule has 0 aliphatic carbocycles. The van der Waals surface area contributed by atoms with Crippen LogP contribution in [0.2, 0.25) is 0 Å². The van der Waals surface area contributed by atoms with Crippen LogP contribution in [-0.2, 0) is 4.79 Å². The molecule has 2 rings (SSSR count). The molecule has 4 heteroatoms. The van der Waals surface area contributed by atoms with Crippen molar-refractivity contribution >= 4 is 16.9 Å². The molecule has 0 radical (unpaired) electrons. The predicted octanol–water partition coefficient (Wildman–Crippen LogP) is 2.10. The second-order valence-corrected chi connectivity index (χ2v) is 3.96. The van der Waals surface area contributed by atoms with Gasteiger partial charge < -0.3 is 10.8 Å². The smallest absolute Gasteiger partial charge is 0.303 e. The van der Waals surface area contributed by atoms with E-state index in [2.05, 4.69) is 4.98 Å². The highest BCUT2D eigenvalue weighted by atomic mass is 16.4. The van der Waals surface area contributed by atoms with Crippen molar-refractivity contribution in [2.45, 2.75) is 18.9 Å². The Labute approximate surface area is 99.1 Å². The Kier molecular flexibility index (Phi) is 3.35. The second kappa shape index (κ2) is 4.93. The predicted molar refractivity (Wildman–Crippen MR) is 65.5 cm³/mol. The number of carbonyl (C=O) groups is 1. The van der Waals surface area contributed by atoms with Crippen molar-refractivity contribution in [2.24, 2.45) is 5.73 Å². The summed E-state index contributed by atoms with van der Waals surface area (Å²) in [4.78, 5) is 14.8. The first-order chi connectivity index (χ1) is 8.18. The van der Waals surface area contributed by atoms with Crippen LogP contribution in [0.1, 0.15) is 24.4 Å². The SMILES string of the molecule is NC(CCC(=O)O)c1ccnc2ccccc12. The van der Waals surface area contributed by atoms with Gasteiger partial charge in [-0.25, -0.2) is 0 Å². The molecule has 17 heavy (non-hydrogen) atoms.